The molecule has 20 heteroatoms. The minimum atomic E-state index is -3.09. The predicted octanol–water partition coefficient (Wildman–Crippen LogP) is 9.70. The molecule has 100 heavy (non-hydrogen) atoms. The van der Waals surface area contributed by atoms with Gasteiger partial charge in [-0.15, -0.1) is 0 Å². The maximum Gasteiger partial charge on any atom is 0.338 e. The standard InChI is InChI=1S/C80H110O17Si3/c1-78(2,98(82,68-29-14-8-15-30-68)69-31-16-9-17-32-69)41-26-44-86-47-50-89-53-56-92-59-62-95-74-65-67(77(81)85-7)66-75(96-63-60-93-57-54-90-51-48-87-45-27-42-79(3,4)99(83,70-33-18-10-19-34-70)71-35-20-11-21-36-71)76(74)97-64-61-94-58-55-91-52-49-88-46-28-43-80(5,6)100(84,72-37-22-12-23-38-72)73-39-24-13-25-40-73/h8-25,29-40,65-66,82-84H,26-28,41-64H2,1-7H3. The summed E-state index contributed by atoms with van der Waals surface area (Å²) in [6.45, 7) is 20.2. The summed E-state index contributed by atoms with van der Waals surface area (Å²) < 4.78 is 76.9. The van der Waals surface area contributed by atoms with Crippen molar-refractivity contribution in [3.05, 3.63) is 200 Å². The number of hydrogen-bond donors (Lipinski definition) is 3. The lowest BCUT2D eigenvalue weighted by Gasteiger charge is -2.41. The molecule has 7 aromatic carbocycles. The average molecular weight is 1430 g/mol. The van der Waals surface area contributed by atoms with E-state index in [1.807, 2.05) is 182 Å². The van der Waals surface area contributed by atoms with Crippen LogP contribution < -0.4 is 45.3 Å². The van der Waals surface area contributed by atoms with Crippen LogP contribution in [0.3, 0.4) is 0 Å². The van der Waals surface area contributed by atoms with Crippen molar-refractivity contribution in [1.82, 2.24) is 0 Å². The fourth-order valence-corrected chi connectivity index (χ4v) is 24.1. The van der Waals surface area contributed by atoms with E-state index in [0.717, 1.165) is 69.6 Å². The van der Waals surface area contributed by atoms with Gasteiger partial charge in [-0.25, -0.2) is 4.79 Å². The van der Waals surface area contributed by atoms with E-state index in [1.165, 1.54) is 7.11 Å². The summed E-state index contributed by atoms with van der Waals surface area (Å²) in [6, 6.07) is 63.5. The second-order valence-corrected chi connectivity index (χ2v) is 38.4. The van der Waals surface area contributed by atoms with Crippen LogP contribution in [0.1, 0.15) is 90.4 Å². The molecule has 544 valence electrons. The van der Waals surface area contributed by atoms with Crippen molar-refractivity contribution in [2.24, 2.45) is 0 Å². The number of esters is 1. The molecule has 0 amide bonds. The minimum Gasteiger partial charge on any atom is -0.487 e. The molecule has 0 spiro atoms. The fraction of sp³-hybridized carbons (Fsp3) is 0.463. The van der Waals surface area contributed by atoms with Gasteiger partial charge in [0.1, 0.15) is 19.8 Å². The molecule has 0 saturated carbocycles. The zero-order valence-electron chi connectivity index (χ0n) is 60.1. The van der Waals surface area contributed by atoms with Crippen molar-refractivity contribution in [1.29, 1.82) is 0 Å². The third kappa shape index (κ3) is 23.8. The van der Waals surface area contributed by atoms with Crippen LogP contribution in [0.5, 0.6) is 17.2 Å². The monoisotopic (exact) mass is 1430 g/mol. The molecule has 0 radical (unpaired) electrons. The lowest BCUT2D eigenvalue weighted by atomic mass is 10.1. The number of rotatable bonds is 52. The van der Waals surface area contributed by atoms with Gasteiger partial charge in [0.25, 0.3) is 25.0 Å². The van der Waals surface area contributed by atoms with Gasteiger partial charge in [-0.2, -0.15) is 0 Å². The molecule has 0 aliphatic heterocycles. The highest BCUT2D eigenvalue weighted by Gasteiger charge is 2.52. The van der Waals surface area contributed by atoms with E-state index in [4.69, 9.17) is 61.6 Å². The van der Waals surface area contributed by atoms with E-state index in [-0.39, 0.29) is 77.6 Å². The first-order valence-electron chi connectivity index (χ1n) is 35.3. The van der Waals surface area contributed by atoms with E-state index in [0.29, 0.717) is 99.1 Å². The normalized spacial score (nSPS) is 12.4. The Labute approximate surface area is 597 Å². The van der Waals surface area contributed by atoms with Crippen molar-refractivity contribution in [3.8, 4) is 17.2 Å². The summed E-state index contributed by atoms with van der Waals surface area (Å²) in [4.78, 5) is 50.4. The highest BCUT2D eigenvalue weighted by Crippen LogP contribution is 2.43. The van der Waals surface area contributed by atoms with Gasteiger partial charge in [0.05, 0.1) is 112 Å². The molecule has 0 heterocycles. The van der Waals surface area contributed by atoms with Crippen LogP contribution in [0.15, 0.2) is 194 Å². The van der Waals surface area contributed by atoms with Crippen LogP contribution in [0, 0.1) is 0 Å². The van der Waals surface area contributed by atoms with Crippen LogP contribution in [-0.2, 0) is 47.4 Å². The van der Waals surface area contributed by atoms with Gasteiger partial charge < -0.3 is 76.0 Å². The molecule has 0 saturated heterocycles. The Morgan fingerprint density at radius 2 is 0.500 bits per heavy atom. The van der Waals surface area contributed by atoms with Crippen LogP contribution in [0.25, 0.3) is 0 Å². The third-order valence-electron chi connectivity index (χ3n) is 18.5. The molecule has 7 aromatic rings. The number of carbonyl (C=O) groups excluding carboxylic acids is 1. The largest absolute Gasteiger partial charge is 0.487 e. The molecule has 7 rings (SSSR count). The van der Waals surface area contributed by atoms with Gasteiger partial charge in [-0.1, -0.05) is 224 Å². The average Bonchev–Trinajstić information content (AvgIpc) is 0.767. The van der Waals surface area contributed by atoms with Crippen LogP contribution in [0.4, 0.5) is 0 Å². The molecule has 0 aliphatic rings. The Balaban J connectivity index is 0.814. The zero-order valence-corrected chi connectivity index (χ0v) is 63.1. The maximum absolute atomic E-state index is 13.0. The molecular formula is C80H110O17Si3. The Hall–Kier alpha value is -6.42. The highest BCUT2D eigenvalue weighted by atomic mass is 28.4. The molecule has 0 bridgehead atoms. The summed E-state index contributed by atoms with van der Waals surface area (Å²) in [7, 11) is -7.95. The van der Waals surface area contributed by atoms with Gasteiger partial charge in [0.2, 0.25) is 5.75 Å². The topological polar surface area (TPSA) is 198 Å². The lowest BCUT2D eigenvalue weighted by Crippen LogP contribution is -2.65. The lowest BCUT2D eigenvalue weighted by molar-refractivity contribution is 0.00607. The van der Waals surface area contributed by atoms with Crippen molar-refractivity contribution in [2.75, 3.05) is 146 Å². The molecule has 0 aromatic heterocycles. The first-order valence-corrected chi connectivity index (χ1v) is 41.2. The molecule has 0 fully saturated rings. The molecule has 0 aliphatic carbocycles. The van der Waals surface area contributed by atoms with E-state index >= 15 is 0 Å². The van der Waals surface area contributed by atoms with Crippen LogP contribution in [0.2, 0.25) is 15.1 Å². The fourth-order valence-electron chi connectivity index (χ4n) is 12.7. The van der Waals surface area contributed by atoms with Gasteiger partial charge in [0, 0.05) is 19.8 Å². The summed E-state index contributed by atoms with van der Waals surface area (Å²) >= 11 is 0. The highest BCUT2D eigenvalue weighted by molar-refractivity contribution is 6.99. The predicted molar refractivity (Wildman–Crippen MR) is 402 cm³/mol. The number of benzene rings is 7. The summed E-state index contributed by atoms with van der Waals surface area (Å²) in [6.07, 6.45) is 4.77. The first kappa shape index (κ1) is 80.9. The smallest absolute Gasteiger partial charge is 0.338 e. The van der Waals surface area contributed by atoms with E-state index < -0.39 is 30.9 Å². The number of carbonyl (C=O) groups is 1. The first-order chi connectivity index (χ1) is 48.5. The molecule has 3 N–H and O–H groups in total. The quantitative estimate of drug-likeness (QED) is 0.0185. The van der Waals surface area contributed by atoms with E-state index in [9.17, 15) is 19.2 Å². The number of hydrogen-bond acceptors (Lipinski definition) is 17. The summed E-state index contributed by atoms with van der Waals surface area (Å²) in [5, 5.41) is 4.94. The van der Waals surface area contributed by atoms with Crippen molar-refractivity contribution in [3.63, 3.8) is 0 Å². The Morgan fingerprint density at radius 1 is 0.300 bits per heavy atom. The second-order valence-electron chi connectivity index (χ2n) is 26.6. The third-order valence-corrected chi connectivity index (χ3v) is 32.1. The van der Waals surface area contributed by atoms with Crippen LogP contribution in [-0.4, -0.2) is 191 Å². The Kier molecular flexibility index (Phi) is 34.7. The summed E-state index contributed by atoms with van der Waals surface area (Å²) in [5.41, 5.74) is 0.201. The Morgan fingerprint density at radius 3 is 0.720 bits per heavy atom. The second kappa shape index (κ2) is 42.9. The van der Waals surface area contributed by atoms with Crippen molar-refractivity contribution >= 4 is 62.0 Å². The summed E-state index contributed by atoms with van der Waals surface area (Å²) in [5.74, 6) is 0.198. The van der Waals surface area contributed by atoms with E-state index in [2.05, 4.69) is 41.5 Å². The molecule has 0 unspecified atom stereocenters. The molecule has 17 nitrogen and oxygen atoms in total. The zero-order chi connectivity index (χ0) is 71.3. The van der Waals surface area contributed by atoms with Gasteiger partial charge in [-0.05, 0) is 96.9 Å². The Bertz CT molecular complexity index is 3070. The van der Waals surface area contributed by atoms with Crippen LogP contribution >= 0.6 is 0 Å². The van der Waals surface area contributed by atoms with Gasteiger partial charge >= 0.3 is 5.97 Å². The van der Waals surface area contributed by atoms with Gasteiger partial charge in [-0.3, -0.25) is 0 Å². The maximum atomic E-state index is 13.0. The van der Waals surface area contributed by atoms with Crippen molar-refractivity contribution in [2.45, 2.75) is 95.2 Å². The number of methoxy groups -OCH3 is 1. The van der Waals surface area contributed by atoms with E-state index in [1.54, 1.807) is 12.1 Å². The van der Waals surface area contributed by atoms with Crippen molar-refractivity contribution < 1.29 is 80.8 Å². The molecular weight excluding hydrogens is 1320 g/mol. The SMILES string of the molecule is COC(=O)c1cc(OCCOCCOCCOCCCC(C)(C)[Si](O)(c2ccccc2)c2ccccc2)c(OCCOCCOCCOCCCC(C)(C)[Si](O)(c2ccccc2)c2ccccc2)c(OCCOCCOCCOCCCC(C)(C)[Si](O)(c2ccccc2)c2ccccc2)c1. The molecule has 0 atom stereocenters. The minimum absolute atomic E-state index is 0.122. The number of ether oxygens (including phenoxy) is 13. The van der Waals surface area contributed by atoms with Gasteiger partial charge in [0.15, 0.2) is 11.5 Å².